The number of anilines is 1. The molecule has 0 atom stereocenters. The third-order valence-corrected chi connectivity index (χ3v) is 3.68. The molecule has 0 unspecified atom stereocenters. The largest absolute Gasteiger partial charge is 0.506 e. The van der Waals surface area contributed by atoms with E-state index in [1.54, 1.807) is 6.07 Å². The summed E-state index contributed by atoms with van der Waals surface area (Å²) in [5.74, 6) is 0.0423. The van der Waals surface area contributed by atoms with Gasteiger partial charge < -0.3 is 14.7 Å². The Labute approximate surface area is 123 Å². The van der Waals surface area contributed by atoms with E-state index >= 15 is 0 Å². The van der Waals surface area contributed by atoms with Crippen molar-refractivity contribution in [1.29, 1.82) is 5.26 Å². The summed E-state index contributed by atoms with van der Waals surface area (Å²) >= 11 is 0. The highest BCUT2D eigenvalue weighted by Gasteiger charge is 2.17. The Hall–Kier alpha value is -2.51. The average molecular weight is 280 g/mol. The van der Waals surface area contributed by atoms with Crippen LogP contribution in [0.25, 0.3) is 11.1 Å². The molecule has 0 saturated carbocycles. The second-order valence-electron chi connectivity index (χ2n) is 4.97. The lowest BCUT2D eigenvalue weighted by atomic mass is 10.00. The van der Waals surface area contributed by atoms with Crippen LogP contribution >= 0.6 is 0 Å². The molecule has 3 rings (SSSR count). The number of phenolic OH excluding ortho intramolecular Hbond substituents is 1. The average Bonchev–Trinajstić information content (AvgIpc) is 2.56. The highest BCUT2D eigenvalue weighted by Crippen LogP contribution is 2.36. The number of phenols is 1. The van der Waals surface area contributed by atoms with Crippen molar-refractivity contribution in [3.8, 4) is 22.9 Å². The summed E-state index contributed by atoms with van der Waals surface area (Å²) in [7, 11) is 0. The lowest BCUT2D eigenvalue weighted by Crippen LogP contribution is -2.36. The van der Waals surface area contributed by atoms with Crippen LogP contribution in [0.1, 0.15) is 5.56 Å². The van der Waals surface area contributed by atoms with Gasteiger partial charge in [0.2, 0.25) is 0 Å². The molecular weight excluding hydrogens is 264 g/mol. The second kappa shape index (κ2) is 5.86. The van der Waals surface area contributed by atoms with Gasteiger partial charge in [-0.05, 0) is 17.7 Å². The zero-order valence-corrected chi connectivity index (χ0v) is 11.6. The maximum atomic E-state index is 10.3. The van der Waals surface area contributed by atoms with Crippen molar-refractivity contribution in [2.24, 2.45) is 0 Å². The van der Waals surface area contributed by atoms with Gasteiger partial charge in [-0.25, -0.2) is 0 Å². The Morgan fingerprint density at radius 2 is 1.81 bits per heavy atom. The van der Waals surface area contributed by atoms with Crippen molar-refractivity contribution in [2.45, 2.75) is 0 Å². The molecule has 4 nitrogen and oxygen atoms in total. The summed E-state index contributed by atoms with van der Waals surface area (Å²) in [4.78, 5) is 2.18. The van der Waals surface area contributed by atoms with Gasteiger partial charge >= 0.3 is 0 Å². The Bertz CT molecular complexity index is 671. The van der Waals surface area contributed by atoms with Gasteiger partial charge in [0.25, 0.3) is 0 Å². The van der Waals surface area contributed by atoms with Crippen molar-refractivity contribution in [1.82, 2.24) is 0 Å². The molecule has 1 N–H and O–H groups in total. The normalized spacial score (nSPS) is 14.7. The van der Waals surface area contributed by atoms with E-state index in [1.807, 2.05) is 36.4 Å². The minimum Gasteiger partial charge on any atom is -0.506 e. The molecule has 1 aliphatic rings. The van der Waals surface area contributed by atoms with Crippen LogP contribution in [-0.2, 0) is 4.74 Å². The van der Waals surface area contributed by atoms with E-state index < -0.39 is 0 Å². The van der Waals surface area contributed by atoms with Crippen molar-refractivity contribution >= 4 is 5.69 Å². The van der Waals surface area contributed by atoms with Gasteiger partial charge in [0.1, 0.15) is 11.8 Å². The highest BCUT2D eigenvalue weighted by molar-refractivity contribution is 5.78. The predicted molar refractivity (Wildman–Crippen MR) is 81.3 cm³/mol. The number of hydrogen-bond donors (Lipinski definition) is 1. The summed E-state index contributed by atoms with van der Waals surface area (Å²) in [6.45, 7) is 2.96. The van der Waals surface area contributed by atoms with Crippen LogP contribution in [0, 0.1) is 11.3 Å². The van der Waals surface area contributed by atoms with Crippen molar-refractivity contribution in [2.75, 3.05) is 31.2 Å². The van der Waals surface area contributed by atoms with E-state index in [0.717, 1.165) is 24.3 Å². The minimum atomic E-state index is 0.0423. The molecular formula is C17H16N2O2. The van der Waals surface area contributed by atoms with Crippen LogP contribution in [0.15, 0.2) is 42.5 Å². The molecule has 0 radical (unpaired) electrons. The van der Waals surface area contributed by atoms with Crippen LogP contribution < -0.4 is 4.90 Å². The molecule has 0 bridgehead atoms. The number of nitriles is 1. The zero-order chi connectivity index (χ0) is 14.7. The van der Waals surface area contributed by atoms with Crippen molar-refractivity contribution < 1.29 is 9.84 Å². The summed E-state index contributed by atoms with van der Waals surface area (Å²) < 4.78 is 5.36. The number of aromatic hydroxyl groups is 1. The predicted octanol–water partition coefficient (Wildman–Crippen LogP) is 2.77. The number of benzene rings is 2. The Morgan fingerprint density at radius 1 is 1.10 bits per heavy atom. The SMILES string of the molecule is N#Cc1cc(N2CCOCC2)cc(-c2ccccc2)c1O. The Balaban J connectivity index is 2.09. The number of morpholine rings is 1. The summed E-state index contributed by atoms with van der Waals surface area (Å²) in [5, 5.41) is 19.6. The van der Waals surface area contributed by atoms with Crippen molar-refractivity contribution in [3.63, 3.8) is 0 Å². The van der Waals surface area contributed by atoms with Crippen molar-refractivity contribution in [3.05, 3.63) is 48.0 Å². The third-order valence-electron chi connectivity index (χ3n) is 3.68. The van der Waals surface area contributed by atoms with Crippen LogP contribution in [0.4, 0.5) is 5.69 Å². The Kier molecular flexibility index (Phi) is 3.76. The first-order valence-corrected chi connectivity index (χ1v) is 6.95. The fourth-order valence-corrected chi connectivity index (χ4v) is 2.55. The van der Waals surface area contributed by atoms with Crippen LogP contribution in [0.5, 0.6) is 5.75 Å². The van der Waals surface area contributed by atoms with Gasteiger partial charge in [0, 0.05) is 24.3 Å². The molecule has 1 fully saturated rings. The van der Waals surface area contributed by atoms with E-state index in [2.05, 4.69) is 11.0 Å². The molecule has 0 amide bonds. The first-order chi connectivity index (χ1) is 10.3. The molecule has 21 heavy (non-hydrogen) atoms. The van der Waals surface area contributed by atoms with E-state index in [4.69, 9.17) is 4.74 Å². The van der Waals surface area contributed by atoms with Gasteiger partial charge in [0.15, 0.2) is 0 Å². The van der Waals surface area contributed by atoms with E-state index in [-0.39, 0.29) is 5.75 Å². The lowest BCUT2D eigenvalue weighted by Gasteiger charge is -2.29. The first-order valence-electron chi connectivity index (χ1n) is 6.95. The third kappa shape index (κ3) is 2.69. The quantitative estimate of drug-likeness (QED) is 0.919. The minimum absolute atomic E-state index is 0.0423. The monoisotopic (exact) mass is 280 g/mol. The summed E-state index contributed by atoms with van der Waals surface area (Å²) in [6, 6.07) is 15.4. The molecule has 0 spiro atoms. The van der Waals surface area contributed by atoms with Gasteiger partial charge in [-0.2, -0.15) is 5.26 Å². The topological polar surface area (TPSA) is 56.5 Å². The number of ether oxygens (including phenoxy) is 1. The molecule has 1 heterocycles. The maximum Gasteiger partial charge on any atom is 0.141 e. The van der Waals surface area contributed by atoms with Gasteiger partial charge in [-0.3, -0.25) is 0 Å². The molecule has 1 aliphatic heterocycles. The van der Waals surface area contributed by atoms with Crippen LogP contribution in [-0.4, -0.2) is 31.4 Å². The Morgan fingerprint density at radius 3 is 2.48 bits per heavy atom. The molecule has 1 saturated heterocycles. The molecule has 4 heteroatoms. The molecule has 0 aliphatic carbocycles. The molecule has 0 aromatic heterocycles. The van der Waals surface area contributed by atoms with E-state index in [9.17, 15) is 10.4 Å². The number of nitrogens with zero attached hydrogens (tertiary/aromatic N) is 2. The van der Waals surface area contributed by atoms with Gasteiger partial charge in [-0.15, -0.1) is 0 Å². The second-order valence-corrected chi connectivity index (χ2v) is 4.97. The van der Waals surface area contributed by atoms with Gasteiger partial charge in [0.05, 0.1) is 18.8 Å². The number of rotatable bonds is 2. The maximum absolute atomic E-state index is 10.3. The van der Waals surface area contributed by atoms with Gasteiger partial charge in [-0.1, -0.05) is 30.3 Å². The highest BCUT2D eigenvalue weighted by atomic mass is 16.5. The van der Waals surface area contributed by atoms with Crippen LogP contribution in [0.2, 0.25) is 0 Å². The fourth-order valence-electron chi connectivity index (χ4n) is 2.55. The molecule has 2 aromatic carbocycles. The van der Waals surface area contributed by atoms with E-state index in [1.165, 1.54) is 0 Å². The standard InChI is InChI=1S/C17H16N2O2/c18-12-14-10-15(19-6-8-21-9-7-19)11-16(17(14)20)13-4-2-1-3-5-13/h1-5,10-11,20H,6-9H2. The zero-order valence-electron chi connectivity index (χ0n) is 11.6. The summed E-state index contributed by atoms with van der Waals surface area (Å²) in [5.41, 5.74) is 2.85. The first kappa shape index (κ1) is 13.5. The molecule has 2 aromatic rings. The summed E-state index contributed by atoms with van der Waals surface area (Å²) in [6.07, 6.45) is 0. The smallest absolute Gasteiger partial charge is 0.141 e. The fraction of sp³-hybridized carbons (Fsp3) is 0.235. The number of hydrogen-bond acceptors (Lipinski definition) is 4. The van der Waals surface area contributed by atoms with Crippen LogP contribution in [0.3, 0.4) is 0 Å². The lowest BCUT2D eigenvalue weighted by molar-refractivity contribution is 0.122. The molecule has 106 valence electrons. The van der Waals surface area contributed by atoms with E-state index in [0.29, 0.717) is 24.3 Å².